The molecule has 1 heterocycles. The van der Waals surface area contributed by atoms with Gasteiger partial charge >= 0.3 is 0 Å². The zero-order valence-electron chi connectivity index (χ0n) is 13.1. The molecule has 3 rings (SSSR count). The summed E-state index contributed by atoms with van der Waals surface area (Å²) in [6.07, 6.45) is 0. The molecule has 0 atom stereocenters. The van der Waals surface area contributed by atoms with Gasteiger partial charge in [0.1, 0.15) is 5.70 Å². The Hall–Kier alpha value is -2.30. The molecule has 1 aliphatic rings. The molecule has 2 aromatic carbocycles. The minimum Gasteiger partial charge on any atom is -0.350 e. The van der Waals surface area contributed by atoms with Gasteiger partial charge in [-0.15, -0.1) is 0 Å². The Labute approximate surface area is 149 Å². The number of nitrogens with one attached hydrogen (secondary N) is 1. The number of carbonyl (C=O) groups excluding carboxylic acids is 2. The quantitative estimate of drug-likeness (QED) is 0.837. The zero-order valence-corrected chi connectivity index (χ0v) is 14.6. The average Bonchev–Trinajstić information content (AvgIpc) is 2.75. The first-order valence-corrected chi connectivity index (χ1v) is 8.00. The Bertz CT molecular complexity index is 873. The summed E-state index contributed by atoms with van der Waals surface area (Å²) in [5.74, 6) is -0.726. The molecule has 1 aliphatic heterocycles. The summed E-state index contributed by atoms with van der Waals surface area (Å²) < 4.78 is 0. The van der Waals surface area contributed by atoms with Crippen LogP contribution >= 0.6 is 23.2 Å². The van der Waals surface area contributed by atoms with Crippen molar-refractivity contribution in [1.29, 1.82) is 0 Å². The molecule has 0 bridgehead atoms. The van der Waals surface area contributed by atoms with E-state index >= 15 is 0 Å². The largest absolute Gasteiger partial charge is 0.350 e. The summed E-state index contributed by atoms with van der Waals surface area (Å²) in [5, 5.41) is 4.26. The molecule has 0 saturated heterocycles. The van der Waals surface area contributed by atoms with Gasteiger partial charge in [0, 0.05) is 22.8 Å². The van der Waals surface area contributed by atoms with Crippen LogP contribution in [0.4, 0.5) is 5.69 Å². The van der Waals surface area contributed by atoms with Crippen LogP contribution in [0.5, 0.6) is 0 Å². The number of amides is 2. The van der Waals surface area contributed by atoms with Crippen LogP contribution in [0, 0.1) is 6.92 Å². The maximum atomic E-state index is 12.5. The smallest absolute Gasteiger partial charge is 0.277 e. The van der Waals surface area contributed by atoms with Gasteiger partial charge in [-0.3, -0.25) is 14.5 Å². The summed E-state index contributed by atoms with van der Waals surface area (Å²) in [6.45, 7) is 1.88. The van der Waals surface area contributed by atoms with Crippen LogP contribution in [0.15, 0.2) is 48.2 Å². The fraction of sp³-hybridized carbons (Fsp3) is 0.111. The molecule has 0 unspecified atom stereocenters. The number of imide groups is 1. The topological polar surface area (TPSA) is 49.4 Å². The van der Waals surface area contributed by atoms with E-state index in [1.165, 1.54) is 7.05 Å². The van der Waals surface area contributed by atoms with Gasteiger partial charge in [0.25, 0.3) is 11.8 Å². The van der Waals surface area contributed by atoms with Crippen LogP contribution in [0.3, 0.4) is 0 Å². The minimum atomic E-state index is -0.376. The molecule has 0 radical (unpaired) electrons. The third-order valence-corrected chi connectivity index (χ3v) is 4.36. The van der Waals surface area contributed by atoms with Crippen molar-refractivity contribution in [2.45, 2.75) is 6.92 Å². The van der Waals surface area contributed by atoms with Crippen LogP contribution in [-0.2, 0) is 9.59 Å². The lowest BCUT2D eigenvalue weighted by Gasteiger charge is -2.11. The Balaban J connectivity index is 2.10. The van der Waals surface area contributed by atoms with Gasteiger partial charge in [-0.2, -0.15) is 0 Å². The molecule has 6 heteroatoms. The van der Waals surface area contributed by atoms with Gasteiger partial charge in [0.05, 0.1) is 5.57 Å². The van der Waals surface area contributed by atoms with Crippen LogP contribution < -0.4 is 5.32 Å². The molecular weight excluding hydrogens is 347 g/mol. The number of aryl methyl sites for hydroxylation is 1. The molecule has 4 nitrogen and oxygen atoms in total. The monoisotopic (exact) mass is 360 g/mol. The molecule has 0 spiro atoms. The summed E-state index contributed by atoms with van der Waals surface area (Å²) in [6, 6.07) is 12.1. The number of rotatable bonds is 3. The summed E-state index contributed by atoms with van der Waals surface area (Å²) in [4.78, 5) is 26.1. The minimum absolute atomic E-state index is 0.246. The van der Waals surface area contributed by atoms with Gasteiger partial charge in [0.2, 0.25) is 0 Å². The fourth-order valence-corrected chi connectivity index (χ4v) is 2.90. The molecule has 0 fully saturated rings. The number of anilines is 1. The van der Waals surface area contributed by atoms with Gasteiger partial charge in [0.15, 0.2) is 0 Å². The highest BCUT2D eigenvalue weighted by Gasteiger charge is 2.36. The first-order valence-electron chi connectivity index (χ1n) is 7.24. The molecule has 122 valence electrons. The maximum absolute atomic E-state index is 12.5. The number of hydrogen-bond donors (Lipinski definition) is 1. The van der Waals surface area contributed by atoms with Gasteiger partial charge in [-0.05, 0) is 48.4 Å². The SMILES string of the molecule is Cc1cc(Cl)ccc1NC1=C(c2ccc(Cl)cc2)C(=O)N(C)C1=O. The number of likely N-dealkylation sites (N-methyl/N-ethyl adjacent to an activating group) is 1. The van der Waals surface area contributed by atoms with Crippen molar-refractivity contribution in [3.05, 3.63) is 69.3 Å². The maximum Gasteiger partial charge on any atom is 0.277 e. The van der Waals surface area contributed by atoms with E-state index in [-0.39, 0.29) is 17.5 Å². The third kappa shape index (κ3) is 2.90. The van der Waals surface area contributed by atoms with E-state index in [9.17, 15) is 9.59 Å². The second kappa shape index (κ2) is 6.30. The fourth-order valence-electron chi connectivity index (χ4n) is 2.54. The van der Waals surface area contributed by atoms with E-state index in [0.29, 0.717) is 21.2 Å². The average molecular weight is 361 g/mol. The van der Waals surface area contributed by atoms with E-state index in [0.717, 1.165) is 16.2 Å². The Morgan fingerprint density at radius 2 is 1.54 bits per heavy atom. The molecular formula is C18H14Cl2N2O2. The van der Waals surface area contributed by atoms with Crippen molar-refractivity contribution >= 4 is 46.3 Å². The lowest BCUT2D eigenvalue weighted by atomic mass is 10.0. The summed E-state index contributed by atoms with van der Waals surface area (Å²) in [7, 11) is 1.46. The Morgan fingerprint density at radius 1 is 0.917 bits per heavy atom. The van der Waals surface area contributed by atoms with E-state index in [1.54, 1.807) is 42.5 Å². The number of halogens is 2. The lowest BCUT2D eigenvalue weighted by Crippen LogP contribution is -2.28. The molecule has 0 aliphatic carbocycles. The summed E-state index contributed by atoms with van der Waals surface area (Å²) >= 11 is 11.9. The Morgan fingerprint density at radius 3 is 2.17 bits per heavy atom. The van der Waals surface area contributed by atoms with E-state index in [4.69, 9.17) is 23.2 Å². The van der Waals surface area contributed by atoms with Crippen molar-refractivity contribution in [3.8, 4) is 0 Å². The van der Waals surface area contributed by atoms with E-state index in [1.807, 2.05) is 6.92 Å². The number of nitrogens with zero attached hydrogens (tertiary/aromatic N) is 1. The first-order chi connectivity index (χ1) is 11.4. The normalized spacial score (nSPS) is 14.6. The van der Waals surface area contributed by atoms with Crippen LogP contribution in [0.1, 0.15) is 11.1 Å². The molecule has 1 N–H and O–H groups in total. The van der Waals surface area contributed by atoms with Crippen molar-refractivity contribution in [3.63, 3.8) is 0 Å². The second-order valence-corrected chi connectivity index (χ2v) is 6.38. The molecule has 0 saturated carbocycles. The number of carbonyl (C=O) groups is 2. The predicted molar refractivity (Wildman–Crippen MR) is 96.0 cm³/mol. The third-order valence-electron chi connectivity index (χ3n) is 3.87. The molecule has 2 aromatic rings. The summed E-state index contributed by atoms with van der Waals surface area (Å²) in [5.41, 5.74) is 2.80. The lowest BCUT2D eigenvalue weighted by molar-refractivity contribution is -0.135. The van der Waals surface area contributed by atoms with Crippen LogP contribution in [0.25, 0.3) is 5.57 Å². The van der Waals surface area contributed by atoms with E-state index in [2.05, 4.69) is 5.32 Å². The second-order valence-electron chi connectivity index (χ2n) is 5.51. The van der Waals surface area contributed by atoms with E-state index < -0.39 is 0 Å². The van der Waals surface area contributed by atoms with Crippen molar-refractivity contribution in [1.82, 2.24) is 4.90 Å². The van der Waals surface area contributed by atoms with Crippen molar-refractivity contribution < 1.29 is 9.59 Å². The highest BCUT2D eigenvalue weighted by atomic mass is 35.5. The Kier molecular flexibility index (Phi) is 4.35. The first kappa shape index (κ1) is 16.6. The zero-order chi connectivity index (χ0) is 17.4. The standard InChI is InChI=1S/C18H14Cl2N2O2/c1-10-9-13(20)7-8-14(10)21-16-15(17(23)22(2)18(16)24)11-3-5-12(19)6-4-11/h3-9,21H,1-2H3. The highest BCUT2D eigenvalue weighted by Crippen LogP contribution is 2.31. The predicted octanol–water partition coefficient (Wildman–Crippen LogP) is 4.12. The van der Waals surface area contributed by atoms with Gasteiger partial charge < -0.3 is 5.32 Å². The number of benzene rings is 2. The number of hydrogen-bond acceptors (Lipinski definition) is 3. The van der Waals surface area contributed by atoms with Crippen molar-refractivity contribution in [2.24, 2.45) is 0 Å². The molecule has 24 heavy (non-hydrogen) atoms. The van der Waals surface area contributed by atoms with Gasteiger partial charge in [-0.25, -0.2) is 0 Å². The molecule has 0 aromatic heterocycles. The highest BCUT2D eigenvalue weighted by molar-refractivity contribution is 6.36. The van der Waals surface area contributed by atoms with Crippen molar-refractivity contribution in [2.75, 3.05) is 12.4 Å². The van der Waals surface area contributed by atoms with Crippen LogP contribution in [-0.4, -0.2) is 23.8 Å². The van der Waals surface area contributed by atoms with Crippen LogP contribution in [0.2, 0.25) is 10.0 Å². The van der Waals surface area contributed by atoms with Gasteiger partial charge in [-0.1, -0.05) is 35.3 Å². The molecule has 2 amide bonds.